The summed E-state index contributed by atoms with van der Waals surface area (Å²) in [6, 6.07) is 14.5. The molecule has 1 atom stereocenters. The van der Waals surface area contributed by atoms with Crippen molar-refractivity contribution in [3.8, 4) is 11.3 Å². The lowest BCUT2D eigenvalue weighted by Gasteiger charge is -2.10. The van der Waals surface area contributed by atoms with Gasteiger partial charge in [-0.15, -0.1) is 0 Å². The maximum atomic E-state index is 12.9. The van der Waals surface area contributed by atoms with Gasteiger partial charge in [-0.1, -0.05) is 18.2 Å². The van der Waals surface area contributed by atoms with Crippen LogP contribution in [0.1, 0.15) is 29.2 Å². The van der Waals surface area contributed by atoms with E-state index in [1.807, 2.05) is 6.07 Å². The second-order valence-electron chi connectivity index (χ2n) is 5.13. The third-order valence-electron chi connectivity index (χ3n) is 3.41. The molecule has 1 amide bonds. The molecule has 1 N–H and O–H groups in total. The van der Waals surface area contributed by atoms with Crippen LogP contribution >= 0.6 is 0 Å². The molecule has 0 aliphatic rings. The number of carbonyl (C=O) groups is 1. The molecule has 5 heteroatoms. The Morgan fingerprint density at radius 1 is 1.13 bits per heavy atom. The van der Waals surface area contributed by atoms with E-state index in [1.165, 1.54) is 12.1 Å². The van der Waals surface area contributed by atoms with Crippen LogP contribution in [0.25, 0.3) is 11.3 Å². The number of amides is 1. The summed E-state index contributed by atoms with van der Waals surface area (Å²) in [7, 11) is 0. The molecule has 1 heterocycles. The zero-order valence-electron chi connectivity index (χ0n) is 12.5. The van der Waals surface area contributed by atoms with Crippen LogP contribution in [-0.4, -0.2) is 10.9 Å². The zero-order chi connectivity index (χ0) is 16.2. The largest absolute Gasteiger partial charge is 0.438 e. The molecule has 3 aromatic rings. The van der Waals surface area contributed by atoms with Gasteiger partial charge in [0.05, 0.1) is 6.20 Å². The van der Waals surface area contributed by atoms with Gasteiger partial charge in [0.15, 0.2) is 5.76 Å². The number of oxazole rings is 1. The summed E-state index contributed by atoms with van der Waals surface area (Å²) in [6.07, 6.45) is 1.56. The lowest BCUT2D eigenvalue weighted by molar-refractivity contribution is 0.0934. The van der Waals surface area contributed by atoms with E-state index in [4.69, 9.17) is 4.42 Å². The molecule has 0 saturated carbocycles. The fourth-order valence-corrected chi connectivity index (χ4v) is 2.17. The Labute approximate surface area is 133 Å². The smallest absolute Gasteiger partial charge is 0.251 e. The molecule has 4 nitrogen and oxygen atoms in total. The quantitative estimate of drug-likeness (QED) is 0.793. The minimum absolute atomic E-state index is 0.195. The molecular formula is C18H15FN2O2. The van der Waals surface area contributed by atoms with E-state index in [2.05, 4.69) is 10.3 Å². The first-order valence-corrected chi connectivity index (χ1v) is 7.21. The number of nitrogens with one attached hydrogen (secondary N) is 1. The van der Waals surface area contributed by atoms with Crippen molar-refractivity contribution in [2.24, 2.45) is 0 Å². The van der Waals surface area contributed by atoms with Crippen LogP contribution in [-0.2, 0) is 0 Å². The Morgan fingerprint density at radius 2 is 1.83 bits per heavy atom. The number of nitrogens with zero attached hydrogens (tertiary/aromatic N) is 1. The molecule has 1 aromatic heterocycles. The molecule has 0 fully saturated rings. The van der Waals surface area contributed by atoms with Crippen LogP contribution < -0.4 is 5.32 Å². The van der Waals surface area contributed by atoms with E-state index in [0.29, 0.717) is 17.2 Å². The lowest BCUT2D eigenvalue weighted by atomic mass is 10.2. The van der Waals surface area contributed by atoms with Gasteiger partial charge < -0.3 is 9.73 Å². The monoisotopic (exact) mass is 310 g/mol. The van der Waals surface area contributed by atoms with Crippen LogP contribution in [0.4, 0.5) is 4.39 Å². The van der Waals surface area contributed by atoms with Crippen molar-refractivity contribution in [1.29, 1.82) is 0 Å². The highest BCUT2D eigenvalue weighted by molar-refractivity contribution is 5.94. The van der Waals surface area contributed by atoms with Crippen LogP contribution in [0.3, 0.4) is 0 Å². The van der Waals surface area contributed by atoms with E-state index in [-0.39, 0.29) is 17.8 Å². The van der Waals surface area contributed by atoms with Crippen LogP contribution in [0.2, 0.25) is 0 Å². The number of hydrogen-bond acceptors (Lipinski definition) is 3. The SMILES string of the molecule is CC(NC(=O)c1ccccc1)c1ncc(-c2ccc(F)cc2)o1. The molecule has 3 rings (SSSR count). The summed E-state index contributed by atoms with van der Waals surface area (Å²) >= 11 is 0. The molecule has 0 aliphatic carbocycles. The predicted molar refractivity (Wildman–Crippen MR) is 84.2 cm³/mol. The van der Waals surface area contributed by atoms with Crippen LogP contribution in [0, 0.1) is 5.82 Å². The maximum absolute atomic E-state index is 12.9. The average molecular weight is 310 g/mol. The summed E-state index contributed by atoms with van der Waals surface area (Å²) in [5.74, 6) is 0.422. The first-order valence-electron chi connectivity index (χ1n) is 7.21. The molecule has 0 saturated heterocycles. The fourth-order valence-electron chi connectivity index (χ4n) is 2.17. The summed E-state index contributed by atoms with van der Waals surface area (Å²) in [6.45, 7) is 1.79. The van der Waals surface area contributed by atoms with Crippen LogP contribution in [0.5, 0.6) is 0 Å². The van der Waals surface area contributed by atoms with Crippen molar-refractivity contribution in [2.75, 3.05) is 0 Å². The van der Waals surface area contributed by atoms with Gasteiger partial charge in [0.25, 0.3) is 5.91 Å². The minimum atomic E-state index is -0.378. The Morgan fingerprint density at radius 3 is 2.52 bits per heavy atom. The Bertz CT molecular complexity index is 797. The van der Waals surface area contributed by atoms with Crippen LogP contribution in [0.15, 0.2) is 65.2 Å². The summed E-state index contributed by atoms with van der Waals surface area (Å²) < 4.78 is 18.6. The van der Waals surface area contributed by atoms with Gasteiger partial charge in [-0.2, -0.15) is 0 Å². The minimum Gasteiger partial charge on any atom is -0.438 e. The second-order valence-corrected chi connectivity index (χ2v) is 5.13. The standard InChI is InChI=1S/C18H15FN2O2/c1-12(21-17(22)14-5-3-2-4-6-14)18-20-11-16(23-18)13-7-9-15(19)10-8-13/h2-12H,1H3,(H,21,22). The number of benzene rings is 2. The molecule has 0 spiro atoms. The van der Waals surface area contributed by atoms with Crippen molar-refractivity contribution in [2.45, 2.75) is 13.0 Å². The first-order chi connectivity index (χ1) is 11.1. The van der Waals surface area contributed by atoms with E-state index < -0.39 is 0 Å². The van der Waals surface area contributed by atoms with Gasteiger partial charge in [-0.3, -0.25) is 4.79 Å². The Balaban J connectivity index is 1.72. The van der Waals surface area contributed by atoms with Gasteiger partial charge in [0.2, 0.25) is 5.89 Å². The number of aromatic nitrogens is 1. The van der Waals surface area contributed by atoms with Crippen molar-refractivity contribution in [3.63, 3.8) is 0 Å². The van der Waals surface area contributed by atoms with Crippen molar-refractivity contribution < 1.29 is 13.6 Å². The second kappa shape index (κ2) is 6.44. The predicted octanol–water partition coefficient (Wildman–Crippen LogP) is 3.97. The number of carbonyl (C=O) groups excluding carboxylic acids is 1. The number of halogens is 1. The van der Waals surface area contributed by atoms with E-state index in [0.717, 1.165) is 5.56 Å². The summed E-state index contributed by atoms with van der Waals surface area (Å²) in [5, 5.41) is 2.83. The number of hydrogen-bond donors (Lipinski definition) is 1. The van der Waals surface area contributed by atoms with Gasteiger partial charge in [-0.25, -0.2) is 9.37 Å². The molecule has 0 radical (unpaired) electrons. The maximum Gasteiger partial charge on any atom is 0.251 e. The zero-order valence-corrected chi connectivity index (χ0v) is 12.5. The Hall–Kier alpha value is -2.95. The van der Waals surface area contributed by atoms with Crippen molar-refractivity contribution in [3.05, 3.63) is 78.1 Å². The molecule has 23 heavy (non-hydrogen) atoms. The summed E-state index contributed by atoms with van der Waals surface area (Å²) in [4.78, 5) is 16.3. The molecule has 116 valence electrons. The molecule has 0 aliphatic heterocycles. The molecule has 2 aromatic carbocycles. The topological polar surface area (TPSA) is 55.1 Å². The highest BCUT2D eigenvalue weighted by atomic mass is 19.1. The third kappa shape index (κ3) is 3.45. The van der Waals surface area contributed by atoms with Crippen molar-refractivity contribution in [1.82, 2.24) is 10.3 Å². The van der Waals surface area contributed by atoms with Crippen molar-refractivity contribution >= 4 is 5.91 Å². The van der Waals surface area contributed by atoms with Gasteiger partial charge in [-0.05, 0) is 43.3 Å². The van der Waals surface area contributed by atoms with E-state index in [1.54, 1.807) is 49.5 Å². The normalized spacial score (nSPS) is 11.9. The Kier molecular flexibility index (Phi) is 4.19. The highest BCUT2D eigenvalue weighted by Crippen LogP contribution is 2.23. The molecule has 0 bridgehead atoms. The molecule has 1 unspecified atom stereocenters. The van der Waals surface area contributed by atoms with Gasteiger partial charge in [0, 0.05) is 11.1 Å². The van der Waals surface area contributed by atoms with E-state index >= 15 is 0 Å². The highest BCUT2D eigenvalue weighted by Gasteiger charge is 2.16. The fraction of sp³-hybridized carbons (Fsp3) is 0.111. The average Bonchev–Trinajstić information content (AvgIpc) is 3.06. The van der Waals surface area contributed by atoms with E-state index in [9.17, 15) is 9.18 Å². The lowest BCUT2D eigenvalue weighted by Crippen LogP contribution is -2.26. The third-order valence-corrected chi connectivity index (χ3v) is 3.41. The summed E-state index contributed by atoms with van der Waals surface area (Å²) in [5.41, 5.74) is 1.30. The number of rotatable bonds is 4. The first kappa shape index (κ1) is 15.0. The molecular weight excluding hydrogens is 295 g/mol. The van der Waals surface area contributed by atoms with Gasteiger partial charge >= 0.3 is 0 Å². The van der Waals surface area contributed by atoms with Gasteiger partial charge in [0.1, 0.15) is 11.9 Å².